The van der Waals surface area contributed by atoms with Crippen LogP contribution in [0.1, 0.15) is 35.7 Å². The molecule has 0 atom stereocenters. The van der Waals surface area contributed by atoms with E-state index in [1.807, 2.05) is 64.2 Å². The maximum absolute atomic E-state index is 13.0. The fraction of sp³-hybridized carbons (Fsp3) is 0.192. The lowest BCUT2D eigenvalue weighted by Gasteiger charge is -2.07. The van der Waals surface area contributed by atoms with E-state index in [9.17, 15) is 9.59 Å². The van der Waals surface area contributed by atoms with Crippen molar-refractivity contribution in [1.29, 1.82) is 0 Å². The van der Waals surface area contributed by atoms with Crippen molar-refractivity contribution in [3.05, 3.63) is 94.1 Å². The first kappa shape index (κ1) is 22.1. The Morgan fingerprint density at radius 3 is 2.39 bits per heavy atom. The maximum atomic E-state index is 13.0. The minimum Gasteiger partial charge on any atom is -0.459 e. The van der Waals surface area contributed by atoms with Gasteiger partial charge in [0.15, 0.2) is 5.69 Å². The van der Waals surface area contributed by atoms with Gasteiger partial charge >= 0.3 is 5.97 Å². The van der Waals surface area contributed by atoms with Gasteiger partial charge in [-0.3, -0.25) is 9.48 Å². The predicted octanol–water partition coefficient (Wildman–Crippen LogP) is 5.06. The predicted molar refractivity (Wildman–Crippen MR) is 128 cm³/mol. The van der Waals surface area contributed by atoms with Crippen LogP contribution in [0.2, 0.25) is 0 Å². The number of para-hydroxylation sites is 1. The van der Waals surface area contributed by atoms with Gasteiger partial charge in [0.2, 0.25) is 0 Å². The van der Waals surface area contributed by atoms with Gasteiger partial charge in [0.05, 0.1) is 29.3 Å². The lowest BCUT2D eigenvalue weighted by Crippen LogP contribution is -2.19. The molecule has 7 heteroatoms. The molecule has 0 radical (unpaired) electrons. The van der Waals surface area contributed by atoms with Crippen molar-refractivity contribution in [3.8, 4) is 17.0 Å². The summed E-state index contributed by atoms with van der Waals surface area (Å²) in [6.07, 6.45) is 1.37. The van der Waals surface area contributed by atoms with E-state index in [-0.39, 0.29) is 17.6 Å². The number of aromatic nitrogens is 2. The van der Waals surface area contributed by atoms with Crippen molar-refractivity contribution < 1.29 is 13.9 Å². The SMILES string of the molecule is Cc1c(N=Cc2ccc(-c3ccc(C(=O)OC(C)C)cc3)o2)c(=O)n(-c2ccccc2)n1C. The van der Waals surface area contributed by atoms with E-state index in [1.165, 1.54) is 6.21 Å². The molecule has 0 saturated carbocycles. The second-order valence-electron chi connectivity index (χ2n) is 7.90. The van der Waals surface area contributed by atoms with E-state index in [2.05, 4.69) is 4.99 Å². The van der Waals surface area contributed by atoms with Crippen molar-refractivity contribution in [1.82, 2.24) is 9.36 Å². The Hall–Kier alpha value is -4.13. The molecule has 2 heterocycles. The largest absolute Gasteiger partial charge is 0.459 e. The molecular formula is C26H25N3O4. The zero-order valence-corrected chi connectivity index (χ0v) is 19.0. The molecule has 0 aliphatic heterocycles. The van der Waals surface area contributed by atoms with Crippen molar-refractivity contribution in [2.75, 3.05) is 0 Å². The number of ether oxygens (including phenoxy) is 1. The Bertz CT molecular complexity index is 1360. The average molecular weight is 444 g/mol. The minimum atomic E-state index is -0.358. The molecule has 2 aromatic carbocycles. The van der Waals surface area contributed by atoms with Crippen LogP contribution >= 0.6 is 0 Å². The van der Waals surface area contributed by atoms with Crippen LogP contribution in [-0.4, -0.2) is 27.7 Å². The maximum Gasteiger partial charge on any atom is 0.338 e. The van der Waals surface area contributed by atoms with Gasteiger partial charge in [-0.15, -0.1) is 0 Å². The van der Waals surface area contributed by atoms with Gasteiger partial charge in [0, 0.05) is 12.6 Å². The van der Waals surface area contributed by atoms with Crippen molar-refractivity contribution >= 4 is 17.9 Å². The summed E-state index contributed by atoms with van der Waals surface area (Å²) in [5.74, 6) is 0.789. The first-order valence-electron chi connectivity index (χ1n) is 10.6. The van der Waals surface area contributed by atoms with Crippen LogP contribution in [0.25, 0.3) is 17.0 Å². The molecule has 33 heavy (non-hydrogen) atoms. The molecule has 4 rings (SSSR count). The number of esters is 1. The van der Waals surface area contributed by atoms with Gasteiger partial charge in [0.1, 0.15) is 11.5 Å². The lowest BCUT2D eigenvalue weighted by atomic mass is 10.1. The highest BCUT2D eigenvalue weighted by atomic mass is 16.5. The highest BCUT2D eigenvalue weighted by Gasteiger charge is 2.15. The van der Waals surface area contributed by atoms with E-state index in [1.54, 1.807) is 39.7 Å². The number of hydrogen-bond acceptors (Lipinski definition) is 5. The van der Waals surface area contributed by atoms with Gasteiger partial charge in [-0.2, -0.15) is 0 Å². The smallest absolute Gasteiger partial charge is 0.338 e. The Morgan fingerprint density at radius 1 is 1.03 bits per heavy atom. The Balaban J connectivity index is 1.56. The number of furan rings is 1. The van der Waals surface area contributed by atoms with E-state index in [4.69, 9.17) is 9.15 Å². The van der Waals surface area contributed by atoms with Crippen LogP contribution in [0, 0.1) is 6.92 Å². The van der Waals surface area contributed by atoms with E-state index < -0.39 is 0 Å². The summed E-state index contributed by atoms with van der Waals surface area (Å²) in [4.78, 5) is 29.4. The molecule has 0 amide bonds. The topological polar surface area (TPSA) is 78.7 Å². The lowest BCUT2D eigenvalue weighted by molar-refractivity contribution is 0.0378. The van der Waals surface area contributed by atoms with Crippen molar-refractivity contribution in [2.45, 2.75) is 26.9 Å². The summed E-state index contributed by atoms with van der Waals surface area (Å²) < 4.78 is 14.5. The number of nitrogens with zero attached hydrogens (tertiary/aromatic N) is 3. The first-order chi connectivity index (χ1) is 15.8. The number of aliphatic imine (C=N–C) groups is 1. The summed E-state index contributed by atoms with van der Waals surface area (Å²) in [6, 6.07) is 20.0. The third kappa shape index (κ3) is 4.57. The Morgan fingerprint density at radius 2 is 1.73 bits per heavy atom. The van der Waals surface area contributed by atoms with Gasteiger partial charge in [-0.25, -0.2) is 14.5 Å². The summed E-state index contributed by atoms with van der Waals surface area (Å²) in [5.41, 5.74) is 2.97. The van der Waals surface area contributed by atoms with Crippen molar-refractivity contribution in [2.24, 2.45) is 12.0 Å². The summed E-state index contributed by atoms with van der Waals surface area (Å²) in [6.45, 7) is 5.48. The summed E-state index contributed by atoms with van der Waals surface area (Å²) in [5, 5.41) is 0. The van der Waals surface area contributed by atoms with E-state index >= 15 is 0 Å². The molecule has 0 aliphatic rings. The molecule has 7 nitrogen and oxygen atoms in total. The standard InChI is InChI=1S/C26H25N3O4/c1-17(2)32-26(31)20-12-10-19(11-13-20)23-15-14-22(33-23)16-27-24-18(3)28(4)29(25(24)30)21-8-6-5-7-9-21/h5-17H,1-4H3. The number of benzene rings is 2. The number of carbonyl (C=O) groups is 1. The average Bonchev–Trinajstić information content (AvgIpc) is 3.36. The fourth-order valence-corrected chi connectivity index (χ4v) is 3.46. The minimum absolute atomic E-state index is 0.172. The zero-order valence-electron chi connectivity index (χ0n) is 19.0. The van der Waals surface area contributed by atoms with Gasteiger partial charge < -0.3 is 9.15 Å². The summed E-state index contributed by atoms with van der Waals surface area (Å²) in [7, 11) is 1.83. The van der Waals surface area contributed by atoms with E-state index in [0.29, 0.717) is 22.8 Å². The quantitative estimate of drug-likeness (QED) is 0.308. The van der Waals surface area contributed by atoms with Gasteiger partial charge in [-0.05, 0) is 57.2 Å². The normalized spacial score (nSPS) is 11.4. The monoisotopic (exact) mass is 443 g/mol. The third-order valence-electron chi connectivity index (χ3n) is 5.22. The molecule has 0 bridgehead atoms. The second-order valence-corrected chi connectivity index (χ2v) is 7.90. The molecule has 0 unspecified atom stereocenters. The van der Waals surface area contributed by atoms with Crippen LogP contribution in [-0.2, 0) is 11.8 Å². The van der Waals surface area contributed by atoms with Crippen LogP contribution < -0.4 is 5.56 Å². The highest BCUT2D eigenvalue weighted by molar-refractivity contribution is 5.90. The number of hydrogen-bond donors (Lipinski definition) is 0. The van der Waals surface area contributed by atoms with Crippen LogP contribution in [0.15, 0.2) is 80.9 Å². The Kier molecular flexibility index (Phi) is 6.13. The molecule has 0 N–H and O–H groups in total. The molecular weight excluding hydrogens is 418 g/mol. The van der Waals surface area contributed by atoms with Crippen LogP contribution in [0.3, 0.4) is 0 Å². The number of carbonyl (C=O) groups excluding carboxylic acids is 1. The van der Waals surface area contributed by atoms with Gasteiger partial charge in [-0.1, -0.05) is 30.3 Å². The Labute approximate surface area is 191 Å². The highest BCUT2D eigenvalue weighted by Crippen LogP contribution is 2.23. The zero-order chi connectivity index (χ0) is 23.5. The fourth-order valence-electron chi connectivity index (χ4n) is 3.46. The van der Waals surface area contributed by atoms with Gasteiger partial charge in [0.25, 0.3) is 5.56 Å². The molecule has 0 fully saturated rings. The van der Waals surface area contributed by atoms with Crippen molar-refractivity contribution in [3.63, 3.8) is 0 Å². The third-order valence-corrected chi connectivity index (χ3v) is 5.22. The number of rotatable bonds is 6. The molecule has 4 aromatic rings. The molecule has 0 saturated heterocycles. The first-order valence-corrected chi connectivity index (χ1v) is 10.6. The molecule has 168 valence electrons. The summed E-state index contributed by atoms with van der Waals surface area (Å²) >= 11 is 0. The van der Waals surface area contributed by atoms with Crippen LogP contribution in [0.4, 0.5) is 5.69 Å². The molecule has 2 aromatic heterocycles. The molecule has 0 aliphatic carbocycles. The molecule has 0 spiro atoms. The van der Waals surface area contributed by atoms with E-state index in [0.717, 1.165) is 16.9 Å². The second kappa shape index (κ2) is 9.16. The van der Waals surface area contributed by atoms with Crippen LogP contribution in [0.5, 0.6) is 0 Å².